The van der Waals surface area contributed by atoms with Gasteiger partial charge in [0.05, 0.1) is 30.6 Å². The first kappa shape index (κ1) is 25.4. The van der Waals surface area contributed by atoms with Crippen molar-refractivity contribution in [2.75, 3.05) is 12.4 Å². The van der Waals surface area contributed by atoms with E-state index in [2.05, 4.69) is 15.4 Å². The third-order valence-corrected chi connectivity index (χ3v) is 5.94. The van der Waals surface area contributed by atoms with E-state index < -0.39 is 18.1 Å². The molecule has 10 heteroatoms. The average molecular weight is 502 g/mol. The molecule has 3 N–H and O–H groups in total. The Bertz CT molecular complexity index is 1530. The number of pyridine rings is 1. The molecule has 190 valence electrons. The topological polar surface area (TPSA) is 138 Å². The summed E-state index contributed by atoms with van der Waals surface area (Å²) in [6.45, 7) is 5.44. The van der Waals surface area contributed by atoms with Gasteiger partial charge in [0.15, 0.2) is 11.9 Å². The number of methoxy groups -OCH3 is 1. The third kappa shape index (κ3) is 5.27. The molecule has 0 saturated heterocycles. The van der Waals surface area contributed by atoms with E-state index >= 15 is 0 Å². The molecule has 0 aliphatic rings. The fraction of sp³-hybridized carbons (Fsp3) is 0.222. The summed E-state index contributed by atoms with van der Waals surface area (Å²) < 4.78 is 11.5. The van der Waals surface area contributed by atoms with Crippen LogP contribution in [0.1, 0.15) is 19.4 Å². The molecule has 0 spiro atoms. The summed E-state index contributed by atoms with van der Waals surface area (Å²) in [5.41, 5.74) is 8.04. The number of nitrogens with two attached hydrogens (primary N) is 1. The minimum absolute atomic E-state index is 0.284. The SMILES string of the molecule is COc1cccc(-c2ccc3c(=O)n(-c4ccc(NC(=O)[C@@H](OC(N)=O)C(C)C)cn4)ncc3c2)c1C. The normalized spacial score (nSPS) is 11.8. The lowest BCUT2D eigenvalue weighted by Crippen LogP contribution is -2.38. The van der Waals surface area contributed by atoms with Crippen molar-refractivity contribution in [2.24, 2.45) is 11.7 Å². The molecular formula is C27H27N5O5. The maximum absolute atomic E-state index is 13.2. The van der Waals surface area contributed by atoms with Crippen LogP contribution in [0.5, 0.6) is 5.75 Å². The Hall–Kier alpha value is -4.73. The van der Waals surface area contributed by atoms with Crippen molar-refractivity contribution >= 4 is 28.5 Å². The molecule has 4 rings (SSSR count). The highest BCUT2D eigenvalue weighted by molar-refractivity contribution is 5.95. The molecule has 0 bridgehead atoms. The first-order valence-electron chi connectivity index (χ1n) is 11.6. The van der Waals surface area contributed by atoms with Crippen LogP contribution in [0.2, 0.25) is 0 Å². The molecule has 1 atom stereocenters. The fourth-order valence-electron chi connectivity index (χ4n) is 4.05. The van der Waals surface area contributed by atoms with E-state index in [1.54, 1.807) is 45.4 Å². The van der Waals surface area contributed by atoms with Gasteiger partial charge in [-0.1, -0.05) is 32.0 Å². The molecular weight excluding hydrogens is 474 g/mol. The van der Waals surface area contributed by atoms with Crippen LogP contribution in [-0.2, 0) is 9.53 Å². The number of hydrogen-bond acceptors (Lipinski definition) is 7. The van der Waals surface area contributed by atoms with Crippen molar-refractivity contribution in [3.05, 3.63) is 76.8 Å². The number of nitrogens with zero attached hydrogens (tertiary/aromatic N) is 3. The van der Waals surface area contributed by atoms with Crippen LogP contribution in [0.4, 0.5) is 10.5 Å². The lowest BCUT2D eigenvalue weighted by Gasteiger charge is -2.19. The largest absolute Gasteiger partial charge is 0.496 e. The summed E-state index contributed by atoms with van der Waals surface area (Å²) in [4.78, 5) is 41.0. The Kier molecular flexibility index (Phi) is 7.19. The van der Waals surface area contributed by atoms with Gasteiger partial charge in [0.1, 0.15) is 5.75 Å². The number of fused-ring (bicyclic) bond motifs is 1. The van der Waals surface area contributed by atoms with Crippen LogP contribution in [-0.4, -0.2) is 40.0 Å². The minimum Gasteiger partial charge on any atom is -0.496 e. The van der Waals surface area contributed by atoms with Crippen molar-refractivity contribution in [3.8, 4) is 22.7 Å². The van der Waals surface area contributed by atoms with Gasteiger partial charge in [0.2, 0.25) is 0 Å². The minimum atomic E-state index is -1.05. The third-order valence-electron chi connectivity index (χ3n) is 5.94. The van der Waals surface area contributed by atoms with Gasteiger partial charge in [0, 0.05) is 5.39 Å². The van der Waals surface area contributed by atoms with Crippen LogP contribution >= 0.6 is 0 Å². The van der Waals surface area contributed by atoms with Crippen LogP contribution < -0.4 is 21.3 Å². The van der Waals surface area contributed by atoms with E-state index in [1.807, 2.05) is 37.3 Å². The molecule has 0 unspecified atom stereocenters. The number of benzene rings is 2. The zero-order valence-electron chi connectivity index (χ0n) is 20.9. The van der Waals surface area contributed by atoms with Gasteiger partial charge >= 0.3 is 6.09 Å². The molecule has 10 nitrogen and oxygen atoms in total. The molecule has 0 saturated carbocycles. The van der Waals surface area contributed by atoms with Gasteiger partial charge in [0.25, 0.3) is 11.5 Å². The number of rotatable bonds is 7. The molecule has 2 aromatic heterocycles. The van der Waals surface area contributed by atoms with E-state index in [0.29, 0.717) is 16.5 Å². The zero-order chi connectivity index (χ0) is 26.7. The number of amides is 2. The lowest BCUT2D eigenvalue weighted by atomic mass is 9.98. The number of carbonyl (C=O) groups excluding carboxylic acids is 2. The molecule has 4 aromatic rings. The monoisotopic (exact) mass is 501 g/mol. The highest BCUT2D eigenvalue weighted by Crippen LogP contribution is 2.31. The summed E-state index contributed by atoms with van der Waals surface area (Å²) in [7, 11) is 1.63. The predicted molar refractivity (Wildman–Crippen MR) is 140 cm³/mol. The van der Waals surface area contributed by atoms with Gasteiger partial charge in [-0.3, -0.25) is 9.59 Å². The Labute approximate surface area is 213 Å². The lowest BCUT2D eigenvalue weighted by molar-refractivity contribution is -0.126. The van der Waals surface area contributed by atoms with Crippen molar-refractivity contribution in [1.82, 2.24) is 14.8 Å². The quantitative estimate of drug-likeness (QED) is 0.392. The Morgan fingerprint density at radius 3 is 2.51 bits per heavy atom. The highest BCUT2D eigenvalue weighted by Gasteiger charge is 2.25. The zero-order valence-corrected chi connectivity index (χ0v) is 20.9. The summed E-state index contributed by atoms with van der Waals surface area (Å²) >= 11 is 0. The fourth-order valence-corrected chi connectivity index (χ4v) is 4.05. The summed E-state index contributed by atoms with van der Waals surface area (Å²) in [6, 6.07) is 14.5. The number of anilines is 1. The smallest absolute Gasteiger partial charge is 0.405 e. The van der Waals surface area contributed by atoms with Crippen molar-refractivity contribution in [3.63, 3.8) is 0 Å². The van der Waals surface area contributed by atoms with Gasteiger partial charge in [-0.05, 0) is 59.9 Å². The van der Waals surface area contributed by atoms with E-state index in [4.69, 9.17) is 15.2 Å². The number of hydrogen-bond donors (Lipinski definition) is 2. The standard InChI is InChI=1S/C27H27N5O5/c1-15(2)24(37-27(28)35)25(33)31-19-9-11-23(29-14-19)32-26(34)21-10-8-17(12-18(21)13-30-32)20-6-5-7-22(36-4)16(20)3/h5-15,24H,1-4H3,(H2,28,35)(H,31,33)/t24-/m0/s1. The molecule has 2 aromatic carbocycles. The van der Waals surface area contributed by atoms with Crippen molar-refractivity contribution < 1.29 is 19.1 Å². The number of nitrogens with one attached hydrogen (secondary N) is 1. The van der Waals surface area contributed by atoms with Crippen LogP contribution in [0, 0.1) is 12.8 Å². The first-order valence-corrected chi connectivity index (χ1v) is 11.6. The van der Waals surface area contributed by atoms with Gasteiger partial charge in [-0.2, -0.15) is 9.78 Å². The van der Waals surface area contributed by atoms with Crippen molar-refractivity contribution in [1.29, 1.82) is 0 Å². The predicted octanol–water partition coefficient (Wildman–Crippen LogP) is 3.82. The molecule has 0 radical (unpaired) electrons. The first-order chi connectivity index (χ1) is 17.7. The Balaban J connectivity index is 1.60. The number of aromatic nitrogens is 3. The number of carbonyl (C=O) groups is 2. The molecule has 2 heterocycles. The second kappa shape index (κ2) is 10.5. The van der Waals surface area contributed by atoms with Crippen LogP contribution in [0.25, 0.3) is 27.7 Å². The van der Waals surface area contributed by atoms with E-state index in [-0.39, 0.29) is 17.3 Å². The Morgan fingerprint density at radius 2 is 1.86 bits per heavy atom. The highest BCUT2D eigenvalue weighted by atomic mass is 16.6. The van der Waals surface area contributed by atoms with Crippen LogP contribution in [0.15, 0.2) is 65.7 Å². The average Bonchev–Trinajstić information content (AvgIpc) is 2.88. The molecule has 0 aliphatic carbocycles. The second-order valence-corrected chi connectivity index (χ2v) is 8.79. The summed E-state index contributed by atoms with van der Waals surface area (Å²) in [5.74, 6) is 0.253. The maximum Gasteiger partial charge on any atom is 0.405 e. The molecule has 0 aliphatic heterocycles. The molecule has 0 fully saturated rings. The second-order valence-electron chi connectivity index (χ2n) is 8.79. The van der Waals surface area contributed by atoms with E-state index in [9.17, 15) is 14.4 Å². The van der Waals surface area contributed by atoms with Gasteiger partial charge in [-0.25, -0.2) is 9.78 Å². The molecule has 2 amide bonds. The number of ether oxygens (including phenoxy) is 2. The van der Waals surface area contributed by atoms with Gasteiger partial charge in [-0.15, -0.1) is 0 Å². The Morgan fingerprint density at radius 1 is 1.08 bits per heavy atom. The van der Waals surface area contributed by atoms with E-state index in [0.717, 1.165) is 22.4 Å². The van der Waals surface area contributed by atoms with Crippen LogP contribution in [0.3, 0.4) is 0 Å². The number of primary amides is 1. The molecule has 37 heavy (non-hydrogen) atoms. The van der Waals surface area contributed by atoms with E-state index in [1.165, 1.54) is 10.9 Å². The summed E-state index contributed by atoms with van der Waals surface area (Å²) in [5, 5.41) is 8.12. The van der Waals surface area contributed by atoms with Crippen molar-refractivity contribution in [2.45, 2.75) is 26.9 Å². The van der Waals surface area contributed by atoms with Gasteiger partial charge < -0.3 is 20.5 Å². The maximum atomic E-state index is 13.2. The summed E-state index contributed by atoms with van der Waals surface area (Å²) in [6.07, 6.45) is 0.922.